The molecule has 174 valence electrons. The molecule has 3 aromatic rings. The van der Waals surface area contributed by atoms with E-state index in [-0.39, 0.29) is 23.8 Å². The average molecular weight is 478 g/mol. The van der Waals surface area contributed by atoms with E-state index in [9.17, 15) is 4.79 Å². The van der Waals surface area contributed by atoms with Crippen LogP contribution in [0.15, 0.2) is 72.7 Å². The van der Waals surface area contributed by atoms with Crippen LogP contribution in [0.5, 0.6) is 5.75 Å². The van der Waals surface area contributed by atoms with Gasteiger partial charge in [-0.2, -0.15) is 0 Å². The molecule has 2 aliphatic rings. The van der Waals surface area contributed by atoms with Crippen molar-refractivity contribution in [2.24, 2.45) is 0 Å². The number of hydrogen-bond acceptors (Lipinski definition) is 5. The number of carbonyl (C=O) groups is 1. The number of benzene rings is 2. The molecular formula is C26H24ClN3O4. The van der Waals surface area contributed by atoms with Crippen molar-refractivity contribution in [3.63, 3.8) is 0 Å². The Bertz CT molecular complexity index is 1300. The van der Waals surface area contributed by atoms with Crippen molar-refractivity contribution in [3.05, 3.63) is 94.6 Å². The Labute approximate surface area is 202 Å². The van der Waals surface area contributed by atoms with Gasteiger partial charge in [-0.25, -0.2) is 4.98 Å². The van der Waals surface area contributed by atoms with E-state index in [0.29, 0.717) is 23.1 Å². The van der Waals surface area contributed by atoms with Crippen LogP contribution in [0.2, 0.25) is 5.02 Å². The summed E-state index contributed by atoms with van der Waals surface area (Å²) in [4.78, 5) is 19.6. The molecule has 0 unspecified atom stereocenters. The summed E-state index contributed by atoms with van der Waals surface area (Å²) in [6.07, 6.45) is 6.67. The van der Waals surface area contributed by atoms with Gasteiger partial charge < -0.3 is 18.8 Å². The summed E-state index contributed by atoms with van der Waals surface area (Å²) in [5.41, 5.74) is 4.19. The van der Waals surface area contributed by atoms with Crippen LogP contribution in [0, 0.1) is 6.92 Å². The molecule has 1 aromatic heterocycles. The molecule has 0 radical (unpaired) electrons. The number of rotatable bonds is 4. The summed E-state index contributed by atoms with van der Waals surface area (Å²) < 4.78 is 19.2. The van der Waals surface area contributed by atoms with Crippen LogP contribution >= 0.6 is 11.6 Å². The number of aromatic nitrogens is 2. The summed E-state index contributed by atoms with van der Waals surface area (Å²) in [7, 11) is 1.62. The molecule has 34 heavy (non-hydrogen) atoms. The fraction of sp³-hybridized carbons (Fsp3) is 0.231. The van der Waals surface area contributed by atoms with Gasteiger partial charge in [0.2, 0.25) is 0 Å². The molecule has 1 saturated heterocycles. The van der Waals surface area contributed by atoms with Crippen LogP contribution in [0.4, 0.5) is 0 Å². The van der Waals surface area contributed by atoms with Gasteiger partial charge in [0.05, 0.1) is 36.6 Å². The molecule has 2 aromatic carbocycles. The molecule has 0 aliphatic carbocycles. The average Bonchev–Trinajstić information content (AvgIpc) is 3.28. The molecule has 3 heterocycles. The van der Waals surface area contributed by atoms with Crippen molar-refractivity contribution < 1.29 is 19.0 Å². The number of methoxy groups -OCH3 is 1. The Morgan fingerprint density at radius 3 is 2.71 bits per heavy atom. The first-order valence-corrected chi connectivity index (χ1v) is 11.3. The molecule has 7 nitrogen and oxygen atoms in total. The monoisotopic (exact) mass is 477 g/mol. The highest BCUT2D eigenvalue weighted by Gasteiger charge is 2.41. The number of morpholine rings is 1. The lowest BCUT2D eigenvalue weighted by molar-refractivity contribution is -0.140. The summed E-state index contributed by atoms with van der Waals surface area (Å²) >= 11 is 6.06. The Hall–Kier alpha value is -3.71. The fourth-order valence-electron chi connectivity index (χ4n) is 4.23. The SMILES string of the molecule is COc1cc(C=C2O[C@@H](C)C3=COC[C@@H](c4ccc(Cl)cc4)N3C2=O)ccc1-n1cnc(C)c1. The molecule has 8 heteroatoms. The smallest absolute Gasteiger partial charge is 0.294 e. The van der Waals surface area contributed by atoms with E-state index in [1.165, 1.54) is 0 Å². The first-order valence-electron chi connectivity index (χ1n) is 10.9. The third-order valence-electron chi connectivity index (χ3n) is 5.94. The van der Waals surface area contributed by atoms with E-state index in [1.807, 2.05) is 67.1 Å². The number of nitrogens with zero attached hydrogens (tertiary/aromatic N) is 3. The Kier molecular flexibility index (Phi) is 5.79. The van der Waals surface area contributed by atoms with Crippen LogP contribution in [-0.4, -0.2) is 40.2 Å². The third-order valence-corrected chi connectivity index (χ3v) is 6.20. The number of aryl methyl sites for hydroxylation is 1. The summed E-state index contributed by atoms with van der Waals surface area (Å²) in [5, 5.41) is 0.641. The highest BCUT2D eigenvalue weighted by atomic mass is 35.5. The number of fused-ring (bicyclic) bond motifs is 1. The molecular weight excluding hydrogens is 454 g/mol. The Morgan fingerprint density at radius 2 is 2.00 bits per heavy atom. The van der Waals surface area contributed by atoms with Crippen LogP contribution in [-0.2, 0) is 14.3 Å². The highest BCUT2D eigenvalue weighted by Crippen LogP contribution is 2.37. The largest absolute Gasteiger partial charge is 0.497 e. The number of amides is 1. The lowest BCUT2D eigenvalue weighted by atomic mass is 10.0. The summed E-state index contributed by atoms with van der Waals surface area (Å²) in [6, 6.07) is 12.9. The third kappa shape index (κ3) is 4.03. The van der Waals surface area contributed by atoms with Gasteiger partial charge in [-0.1, -0.05) is 29.8 Å². The second-order valence-corrected chi connectivity index (χ2v) is 8.68. The van der Waals surface area contributed by atoms with Gasteiger partial charge in [0.15, 0.2) is 5.76 Å². The van der Waals surface area contributed by atoms with Crippen molar-refractivity contribution in [1.29, 1.82) is 0 Å². The second-order valence-electron chi connectivity index (χ2n) is 8.24. The molecule has 2 aliphatic heterocycles. The van der Waals surface area contributed by atoms with Crippen LogP contribution in [0.3, 0.4) is 0 Å². The number of halogens is 1. The van der Waals surface area contributed by atoms with Gasteiger partial charge in [-0.3, -0.25) is 9.69 Å². The Balaban J connectivity index is 1.49. The van der Waals surface area contributed by atoms with E-state index < -0.39 is 0 Å². The standard InChI is InChI=1S/C26H24ClN3O4/c1-16-12-29(15-28-16)21-9-4-18(10-24(21)32-3)11-25-26(31)30-22(17(2)34-25)13-33-14-23(30)19-5-7-20(27)8-6-19/h4-13,15,17,23H,14H2,1-3H3/t17-,23-/m0/s1. The number of ether oxygens (including phenoxy) is 3. The van der Waals surface area contributed by atoms with E-state index in [0.717, 1.165) is 22.5 Å². The van der Waals surface area contributed by atoms with Crippen molar-refractivity contribution in [2.45, 2.75) is 26.0 Å². The molecule has 0 N–H and O–H groups in total. The second kappa shape index (κ2) is 8.91. The van der Waals surface area contributed by atoms with E-state index in [2.05, 4.69) is 4.98 Å². The summed E-state index contributed by atoms with van der Waals surface area (Å²) in [6.45, 7) is 4.18. The maximum absolute atomic E-state index is 13.6. The van der Waals surface area contributed by atoms with Crippen molar-refractivity contribution in [1.82, 2.24) is 14.5 Å². The zero-order valence-electron chi connectivity index (χ0n) is 19.1. The minimum Gasteiger partial charge on any atom is -0.497 e. The van der Waals surface area contributed by atoms with Crippen molar-refractivity contribution >= 4 is 23.6 Å². The molecule has 1 amide bonds. The topological polar surface area (TPSA) is 65.8 Å². The number of imidazole rings is 1. The summed E-state index contributed by atoms with van der Waals surface area (Å²) in [5.74, 6) is 0.703. The quantitative estimate of drug-likeness (QED) is 0.492. The normalized spacial score (nSPS) is 20.9. The minimum atomic E-state index is -0.353. The molecule has 0 spiro atoms. The van der Waals surface area contributed by atoms with Crippen LogP contribution < -0.4 is 4.74 Å². The van der Waals surface area contributed by atoms with Crippen molar-refractivity contribution in [2.75, 3.05) is 13.7 Å². The number of hydrogen-bond donors (Lipinski definition) is 0. The van der Waals surface area contributed by atoms with Gasteiger partial charge in [0.1, 0.15) is 24.7 Å². The lowest BCUT2D eigenvalue weighted by Gasteiger charge is -2.42. The van der Waals surface area contributed by atoms with Crippen molar-refractivity contribution in [3.8, 4) is 11.4 Å². The molecule has 1 fully saturated rings. The maximum Gasteiger partial charge on any atom is 0.294 e. The first-order chi connectivity index (χ1) is 16.4. The zero-order chi connectivity index (χ0) is 23.8. The highest BCUT2D eigenvalue weighted by molar-refractivity contribution is 6.30. The predicted octanol–water partition coefficient (Wildman–Crippen LogP) is 5.04. The predicted molar refractivity (Wildman–Crippen MR) is 128 cm³/mol. The van der Waals surface area contributed by atoms with Gasteiger partial charge in [0, 0.05) is 11.2 Å². The van der Waals surface area contributed by atoms with Gasteiger partial charge >= 0.3 is 0 Å². The Morgan fingerprint density at radius 1 is 1.21 bits per heavy atom. The van der Waals surface area contributed by atoms with E-state index in [4.69, 9.17) is 25.8 Å². The zero-order valence-corrected chi connectivity index (χ0v) is 19.8. The maximum atomic E-state index is 13.6. The number of carbonyl (C=O) groups excluding carboxylic acids is 1. The molecule has 0 saturated carbocycles. The molecule has 5 rings (SSSR count). The molecule has 2 atom stereocenters. The minimum absolute atomic E-state index is 0.221. The van der Waals surface area contributed by atoms with Crippen LogP contribution in [0.25, 0.3) is 11.8 Å². The van der Waals surface area contributed by atoms with E-state index in [1.54, 1.807) is 30.7 Å². The van der Waals surface area contributed by atoms with E-state index >= 15 is 0 Å². The lowest BCUT2D eigenvalue weighted by Crippen LogP contribution is -2.47. The van der Waals surface area contributed by atoms with Gasteiger partial charge in [-0.15, -0.1) is 0 Å². The van der Waals surface area contributed by atoms with Gasteiger partial charge in [-0.05, 0) is 55.3 Å². The van der Waals surface area contributed by atoms with Gasteiger partial charge in [0.25, 0.3) is 5.91 Å². The first kappa shape index (κ1) is 22.1. The fourth-order valence-corrected chi connectivity index (χ4v) is 4.36. The van der Waals surface area contributed by atoms with Crippen LogP contribution in [0.1, 0.15) is 29.8 Å². The molecule has 0 bridgehead atoms.